The number of anilines is 1. The maximum absolute atomic E-state index is 4.43. The van der Waals surface area contributed by atoms with Crippen LogP contribution < -0.4 is 5.32 Å². The Morgan fingerprint density at radius 2 is 2.25 bits per heavy atom. The van der Waals surface area contributed by atoms with Crippen LogP contribution in [0, 0.1) is 3.57 Å². The first kappa shape index (κ1) is 11.3. The van der Waals surface area contributed by atoms with Crippen molar-refractivity contribution in [3.8, 4) is 0 Å². The van der Waals surface area contributed by atoms with Gasteiger partial charge in [-0.25, -0.2) is 9.97 Å². The van der Waals surface area contributed by atoms with Gasteiger partial charge >= 0.3 is 0 Å². The van der Waals surface area contributed by atoms with Crippen LogP contribution in [0.2, 0.25) is 0 Å². The van der Waals surface area contributed by atoms with E-state index in [1.54, 1.807) is 6.20 Å². The van der Waals surface area contributed by atoms with E-state index >= 15 is 0 Å². The van der Waals surface area contributed by atoms with Gasteiger partial charge in [0.05, 0.1) is 3.57 Å². The Labute approximate surface area is 108 Å². The molecule has 1 N–H and O–H groups in total. The highest BCUT2D eigenvalue weighted by atomic mass is 127. The van der Waals surface area contributed by atoms with Gasteiger partial charge in [0.25, 0.3) is 0 Å². The van der Waals surface area contributed by atoms with Gasteiger partial charge in [0, 0.05) is 32.1 Å². The molecular weight excluding hydrogens is 315 g/mol. The van der Waals surface area contributed by atoms with Crippen molar-refractivity contribution in [2.24, 2.45) is 0 Å². The summed E-state index contributed by atoms with van der Waals surface area (Å²) in [6, 6.07) is 3.94. The van der Waals surface area contributed by atoms with Gasteiger partial charge < -0.3 is 5.32 Å². The van der Waals surface area contributed by atoms with Crippen LogP contribution in [-0.4, -0.2) is 22.0 Å². The highest BCUT2D eigenvalue weighted by Gasteiger charge is 2.04. The van der Waals surface area contributed by atoms with Crippen molar-refractivity contribution in [3.05, 3.63) is 45.7 Å². The zero-order valence-corrected chi connectivity index (χ0v) is 11.0. The highest BCUT2D eigenvalue weighted by Crippen LogP contribution is 2.14. The smallest absolute Gasteiger partial charge is 0.142 e. The molecule has 0 aromatic carbocycles. The lowest BCUT2D eigenvalue weighted by Crippen LogP contribution is -2.02. The number of nitrogens with zero attached hydrogens (tertiary/aromatic N) is 3. The number of hydrogen-bond acceptors (Lipinski definition) is 4. The topological polar surface area (TPSA) is 50.7 Å². The molecule has 0 aliphatic heterocycles. The minimum atomic E-state index is 0.708. The summed E-state index contributed by atoms with van der Waals surface area (Å²) < 4.78 is 1.02. The number of halogens is 1. The van der Waals surface area contributed by atoms with Gasteiger partial charge in [-0.15, -0.1) is 0 Å². The summed E-state index contributed by atoms with van der Waals surface area (Å²) in [6.07, 6.45) is 6.13. The van der Waals surface area contributed by atoms with Crippen LogP contribution in [0.15, 0.2) is 30.7 Å². The molecule has 0 amide bonds. The zero-order chi connectivity index (χ0) is 11.4. The number of hydrogen-bond donors (Lipinski definition) is 1. The molecular formula is C11H11IN4. The van der Waals surface area contributed by atoms with Crippen molar-refractivity contribution in [3.63, 3.8) is 0 Å². The standard InChI is InChI=1S/C11H11IN4/c1-13-11-9(12)7-15-10(16-11)5-8-3-2-4-14-6-8/h2-4,6-7H,5H2,1H3,(H,13,15,16). The monoisotopic (exact) mass is 326 g/mol. The summed E-state index contributed by atoms with van der Waals surface area (Å²) in [5.74, 6) is 1.67. The molecule has 2 heterocycles. The third-order valence-electron chi connectivity index (χ3n) is 2.12. The lowest BCUT2D eigenvalue weighted by molar-refractivity contribution is 0.956. The van der Waals surface area contributed by atoms with Crippen molar-refractivity contribution in [1.82, 2.24) is 15.0 Å². The highest BCUT2D eigenvalue weighted by molar-refractivity contribution is 14.1. The van der Waals surface area contributed by atoms with Crippen LogP contribution in [0.1, 0.15) is 11.4 Å². The van der Waals surface area contributed by atoms with E-state index in [2.05, 4.69) is 42.9 Å². The van der Waals surface area contributed by atoms with E-state index in [1.165, 1.54) is 0 Å². The van der Waals surface area contributed by atoms with E-state index in [-0.39, 0.29) is 0 Å². The first-order valence-corrected chi connectivity index (χ1v) is 5.95. The predicted octanol–water partition coefficient (Wildman–Crippen LogP) is 2.11. The molecule has 2 rings (SSSR count). The first-order valence-electron chi connectivity index (χ1n) is 4.87. The summed E-state index contributed by atoms with van der Waals surface area (Å²) in [5.41, 5.74) is 1.12. The molecule has 0 aliphatic rings. The second-order valence-corrected chi connectivity index (χ2v) is 4.43. The number of aromatic nitrogens is 3. The van der Waals surface area contributed by atoms with Gasteiger partial charge in [0.1, 0.15) is 11.6 Å². The normalized spacial score (nSPS) is 10.1. The van der Waals surface area contributed by atoms with Crippen LogP contribution in [-0.2, 0) is 6.42 Å². The van der Waals surface area contributed by atoms with E-state index in [4.69, 9.17) is 0 Å². The van der Waals surface area contributed by atoms with Crippen LogP contribution in [0.4, 0.5) is 5.82 Å². The molecule has 0 unspecified atom stereocenters. The largest absolute Gasteiger partial charge is 0.372 e. The Morgan fingerprint density at radius 3 is 2.94 bits per heavy atom. The third kappa shape index (κ3) is 2.66. The number of rotatable bonds is 3. The van der Waals surface area contributed by atoms with Gasteiger partial charge in [0.2, 0.25) is 0 Å². The molecule has 0 fully saturated rings. The Bertz CT molecular complexity index is 473. The SMILES string of the molecule is CNc1nc(Cc2cccnc2)ncc1I. The average Bonchev–Trinajstić information content (AvgIpc) is 2.33. The number of nitrogens with one attached hydrogen (secondary N) is 1. The van der Waals surface area contributed by atoms with Crippen LogP contribution >= 0.6 is 22.6 Å². The minimum absolute atomic E-state index is 0.708. The quantitative estimate of drug-likeness (QED) is 0.878. The van der Waals surface area contributed by atoms with Gasteiger partial charge in [0.15, 0.2) is 0 Å². The van der Waals surface area contributed by atoms with Crippen LogP contribution in [0.25, 0.3) is 0 Å². The van der Waals surface area contributed by atoms with Crippen molar-refractivity contribution in [2.75, 3.05) is 12.4 Å². The Morgan fingerprint density at radius 1 is 1.38 bits per heavy atom. The molecule has 16 heavy (non-hydrogen) atoms. The van der Waals surface area contributed by atoms with E-state index in [0.717, 1.165) is 20.8 Å². The lowest BCUT2D eigenvalue weighted by atomic mass is 10.2. The van der Waals surface area contributed by atoms with Crippen LogP contribution in [0.3, 0.4) is 0 Å². The Hall–Kier alpha value is -1.24. The second-order valence-electron chi connectivity index (χ2n) is 3.27. The predicted molar refractivity (Wildman–Crippen MR) is 71.3 cm³/mol. The summed E-state index contributed by atoms with van der Waals surface area (Å²) in [4.78, 5) is 12.8. The van der Waals surface area contributed by atoms with Gasteiger partial charge in [-0.3, -0.25) is 4.98 Å². The van der Waals surface area contributed by atoms with E-state index in [0.29, 0.717) is 6.42 Å². The Kier molecular flexibility index (Phi) is 3.66. The van der Waals surface area contributed by atoms with Crippen molar-refractivity contribution in [1.29, 1.82) is 0 Å². The molecule has 5 heteroatoms. The van der Waals surface area contributed by atoms with Crippen molar-refractivity contribution >= 4 is 28.4 Å². The van der Waals surface area contributed by atoms with Crippen molar-refractivity contribution < 1.29 is 0 Å². The zero-order valence-electron chi connectivity index (χ0n) is 8.81. The Balaban J connectivity index is 2.22. The molecule has 2 aromatic rings. The van der Waals surface area contributed by atoms with Crippen LogP contribution in [0.5, 0.6) is 0 Å². The van der Waals surface area contributed by atoms with E-state index < -0.39 is 0 Å². The second kappa shape index (κ2) is 5.20. The molecule has 0 saturated heterocycles. The third-order valence-corrected chi connectivity index (χ3v) is 2.91. The molecule has 0 spiro atoms. The summed E-state index contributed by atoms with van der Waals surface area (Å²) in [6.45, 7) is 0. The maximum atomic E-state index is 4.43. The molecule has 0 atom stereocenters. The van der Waals surface area contributed by atoms with Gasteiger partial charge in [-0.05, 0) is 34.2 Å². The fourth-order valence-corrected chi connectivity index (χ4v) is 1.88. The van der Waals surface area contributed by atoms with Crippen molar-refractivity contribution in [2.45, 2.75) is 6.42 Å². The molecule has 4 nitrogen and oxygen atoms in total. The minimum Gasteiger partial charge on any atom is -0.372 e. The fraction of sp³-hybridized carbons (Fsp3) is 0.182. The van der Waals surface area contributed by atoms with E-state index in [1.807, 2.05) is 31.6 Å². The van der Waals surface area contributed by atoms with E-state index in [9.17, 15) is 0 Å². The fourth-order valence-electron chi connectivity index (χ4n) is 1.35. The molecule has 0 saturated carbocycles. The number of pyridine rings is 1. The lowest BCUT2D eigenvalue weighted by Gasteiger charge is -2.05. The summed E-state index contributed by atoms with van der Waals surface area (Å²) in [7, 11) is 1.86. The van der Waals surface area contributed by atoms with Gasteiger partial charge in [-0.1, -0.05) is 6.07 Å². The molecule has 0 radical (unpaired) electrons. The van der Waals surface area contributed by atoms with Gasteiger partial charge in [-0.2, -0.15) is 0 Å². The summed E-state index contributed by atoms with van der Waals surface area (Å²) in [5, 5.41) is 3.05. The maximum Gasteiger partial charge on any atom is 0.142 e. The average molecular weight is 326 g/mol. The summed E-state index contributed by atoms with van der Waals surface area (Å²) >= 11 is 2.21. The molecule has 0 bridgehead atoms. The first-order chi connectivity index (χ1) is 7.79. The molecule has 2 aromatic heterocycles. The molecule has 82 valence electrons. The molecule has 0 aliphatic carbocycles.